The molecule has 1 heterocycles. The van der Waals surface area contributed by atoms with Crippen molar-refractivity contribution in [1.29, 1.82) is 0 Å². The number of halogens is 2. The Labute approximate surface area is 113 Å². The smallest absolute Gasteiger partial charge is 0.171 e. The molecule has 2 rings (SSSR count). The Kier molecular flexibility index (Phi) is 3.61. The van der Waals surface area contributed by atoms with Gasteiger partial charge in [-0.25, -0.2) is 4.39 Å². The highest BCUT2D eigenvalue weighted by atomic mass is 79.9. The van der Waals surface area contributed by atoms with Crippen LogP contribution in [0.25, 0.3) is 0 Å². The molecule has 1 aromatic heterocycles. The lowest BCUT2D eigenvalue weighted by atomic mass is 10.1. The van der Waals surface area contributed by atoms with Gasteiger partial charge in [-0.2, -0.15) is 5.10 Å². The second-order valence-corrected chi connectivity index (χ2v) is 4.96. The van der Waals surface area contributed by atoms with Crippen molar-refractivity contribution >= 4 is 21.7 Å². The first-order chi connectivity index (χ1) is 8.49. The highest BCUT2D eigenvalue weighted by Gasteiger charge is 2.16. The molecule has 18 heavy (non-hydrogen) atoms. The lowest BCUT2D eigenvalue weighted by molar-refractivity contribution is 0.0986. The standard InChI is InChI=1S/C13H12BrFN2O/c1-8-6-9(17(2)16-8)7-12(18)10-4-3-5-11(14)13(10)15/h3-6H,7H2,1-2H3. The van der Waals surface area contributed by atoms with Crippen molar-refractivity contribution in [2.75, 3.05) is 0 Å². The maximum absolute atomic E-state index is 13.8. The summed E-state index contributed by atoms with van der Waals surface area (Å²) in [4.78, 5) is 12.0. The minimum absolute atomic E-state index is 0.100. The topological polar surface area (TPSA) is 34.9 Å². The maximum Gasteiger partial charge on any atom is 0.171 e. The lowest BCUT2D eigenvalue weighted by Crippen LogP contribution is -2.09. The van der Waals surface area contributed by atoms with Crippen LogP contribution in [0.1, 0.15) is 21.7 Å². The summed E-state index contributed by atoms with van der Waals surface area (Å²) in [6.45, 7) is 1.85. The van der Waals surface area contributed by atoms with Gasteiger partial charge in [0.05, 0.1) is 22.2 Å². The molecule has 0 amide bonds. The number of carbonyl (C=O) groups is 1. The molecule has 0 aliphatic carbocycles. The van der Waals surface area contributed by atoms with Gasteiger partial charge in [0.2, 0.25) is 0 Å². The summed E-state index contributed by atoms with van der Waals surface area (Å²) >= 11 is 3.07. The molecule has 0 fully saturated rings. The molecule has 0 aliphatic rings. The fraction of sp³-hybridized carbons (Fsp3) is 0.231. The third kappa shape index (κ3) is 2.51. The van der Waals surface area contributed by atoms with Crippen LogP contribution in [0.2, 0.25) is 0 Å². The largest absolute Gasteiger partial charge is 0.294 e. The Balaban J connectivity index is 2.27. The fourth-order valence-corrected chi connectivity index (χ4v) is 2.17. The number of aromatic nitrogens is 2. The molecule has 1 aromatic carbocycles. The van der Waals surface area contributed by atoms with Crippen LogP contribution >= 0.6 is 15.9 Å². The lowest BCUT2D eigenvalue weighted by Gasteiger charge is -2.04. The number of ketones is 1. The molecule has 0 saturated heterocycles. The van der Waals surface area contributed by atoms with E-state index in [1.165, 1.54) is 6.07 Å². The SMILES string of the molecule is Cc1cc(CC(=O)c2cccc(Br)c2F)n(C)n1. The molecule has 0 spiro atoms. The third-order valence-corrected chi connectivity index (χ3v) is 3.31. The van der Waals surface area contributed by atoms with Crippen LogP contribution in [0.15, 0.2) is 28.7 Å². The Morgan fingerprint density at radius 1 is 1.50 bits per heavy atom. The molecule has 0 aliphatic heterocycles. The van der Waals surface area contributed by atoms with Crippen LogP contribution < -0.4 is 0 Å². The summed E-state index contributed by atoms with van der Waals surface area (Å²) in [5, 5.41) is 4.16. The van der Waals surface area contributed by atoms with Gasteiger partial charge in [0.15, 0.2) is 5.78 Å². The van der Waals surface area contributed by atoms with E-state index in [0.29, 0.717) is 4.47 Å². The first-order valence-corrected chi connectivity index (χ1v) is 6.25. The zero-order valence-electron chi connectivity index (χ0n) is 10.1. The van der Waals surface area contributed by atoms with E-state index in [9.17, 15) is 9.18 Å². The molecule has 2 aromatic rings. The normalized spacial score (nSPS) is 10.7. The predicted octanol–water partition coefficient (Wildman–Crippen LogP) is 3.06. The van der Waals surface area contributed by atoms with E-state index >= 15 is 0 Å². The average Bonchev–Trinajstić information content (AvgIpc) is 2.61. The Morgan fingerprint density at radius 3 is 2.83 bits per heavy atom. The Morgan fingerprint density at radius 2 is 2.22 bits per heavy atom. The molecule has 0 saturated carbocycles. The summed E-state index contributed by atoms with van der Waals surface area (Å²) in [5.74, 6) is -0.766. The van der Waals surface area contributed by atoms with E-state index in [-0.39, 0.29) is 17.8 Å². The van der Waals surface area contributed by atoms with E-state index in [1.54, 1.807) is 23.9 Å². The fourth-order valence-electron chi connectivity index (χ4n) is 1.81. The summed E-state index contributed by atoms with van der Waals surface area (Å²) in [7, 11) is 1.77. The van der Waals surface area contributed by atoms with Crippen molar-refractivity contribution < 1.29 is 9.18 Å². The Bertz CT molecular complexity index is 607. The van der Waals surface area contributed by atoms with Crippen LogP contribution in [0.3, 0.4) is 0 Å². The molecule has 0 radical (unpaired) electrons. The van der Waals surface area contributed by atoms with Crippen molar-refractivity contribution in [3.8, 4) is 0 Å². The number of hydrogen-bond donors (Lipinski definition) is 0. The summed E-state index contributed by atoms with van der Waals surface area (Å²) in [6, 6.07) is 6.54. The molecule has 3 nitrogen and oxygen atoms in total. The van der Waals surface area contributed by atoms with Gasteiger partial charge >= 0.3 is 0 Å². The van der Waals surface area contributed by atoms with Gasteiger partial charge in [0.1, 0.15) is 5.82 Å². The van der Waals surface area contributed by atoms with Crippen LogP contribution in [0.4, 0.5) is 4.39 Å². The molecular formula is C13H12BrFN2O. The number of carbonyl (C=O) groups excluding carboxylic acids is 1. The molecule has 0 bridgehead atoms. The molecule has 94 valence electrons. The minimum atomic E-state index is -0.513. The van der Waals surface area contributed by atoms with Crippen molar-refractivity contribution in [3.63, 3.8) is 0 Å². The number of benzene rings is 1. The van der Waals surface area contributed by atoms with Crippen LogP contribution in [-0.2, 0) is 13.5 Å². The van der Waals surface area contributed by atoms with Gasteiger partial charge in [-0.1, -0.05) is 6.07 Å². The van der Waals surface area contributed by atoms with Gasteiger partial charge in [0, 0.05) is 12.7 Å². The molecule has 0 atom stereocenters. The molecular weight excluding hydrogens is 299 g/mol. The van der Waals surface area contributed by atoms with E-state index in [0.717, 1.165) is 11.4 Å². The first-order valence-electron chi connectivity index (χ1n) is 5.45. The van der Waals surface area contributed by atoms with E-state index in [2.05, 4.69) is 21.0 Å². The van der Waals surface area contributed by atoms with Gasteiger partial charge in [-0.05, 0) is 41.1 Å². The zero-order chi connectivity index (χ0) is 13.3. The molecule has 5 heteroatoms. The number of nitrogens with zero attached hydrogens (tertiary/aromatic N) is 2. The van der Waals surface area contributed by atoms with Crippen molar-refractivity contribution in [1.82, 2.24) is 9.78 Å². The van der Waals surface area contributed by atoms with Gasteiger partial charge in [-0.3, -0.25) is 9.48 Å². The Hall–Kier alpha value is -1.49. The van der Waals surface area contributed by atoms with E-state index < -0.39 is 5.82 Å². The average molecular weight is 311 g/mol. The van der Waals surface area contributed by atoms with Crippen LogP contribution in [0.5, 0.6) is 0 Å². The molecule has 0 unspecified atom stereocenters. The number of aryl methyl sites for hydroxylation is 2. The second kappa shape index (κ2) is 5.02. The zero-order valence-corrected chi connectivity index (χ0v) is 11.7. The number of Topliss-reactive ketones (excluding diaryl/α,β-unsaturated/α-hetero) is 1. The highest BCUT2D eigenvalue weighted by Crippen LogP contribution is 2.20. The van der Waals surface area contributed by atoms with Crippen LogP contribution in [-0.4, -0.2) is 15.6 Å². The van der Waals surface area contributed by atoms with Crippen molar-refractivity contribution in [2.45, 2.75) is 13.3 Å². The van der Waals surface area contributed by atoms with E-state index in [1.807, 2.05) is 13.0 Å². The monoisotopic (exact) mass is 310 g/mol. The summed E-state index contributed by atoms with van der Waals surface area (Å²) < 4.78 is 15.7. The summed E-state index contributed by atoms with van der Waals surface area (Å²) in [6.07, 6.45) is 0.144. The number of hydrogen-bond acceptors (Lipinski definition) is 2. The first kappa shape index (κ1) is 13.0. The van der Waals surface area contributed by atoms with Crippen molar-refractivity contribution in [3.05, 3.63) is 51.5 Å². The maximum atomic E-state index is 13.8. The number of rotatable bonds is 3. The van der Waals surface area contributed by atoms with Crippen LogP contribution in [0, 0.1) is 12.7 Å². The van der Waals surface area contributed by atoms with E-state index in [4.69, 9.17) is 0 Å². The molecule has 0 N–H and O–H groups in total. The van der Waals surface area contributed by atoms with Gasteiger partial charge in [0.25, 0.3) is 0 Å². The third-order valence-electron chi connectivity index (χ3n) is 2.69. The highest BCUT2D eigenvalue weighted by molar-refractivity contribution is 9.10. The predicted molar refractivity (Wildman–Crippen MR) is 70.1 cm³/mol. The van der Waals surface area contributed by atoms with Gasteiger partial charge in [-0.15, -0.1) is 0 Å². The minimum Gasteiger partial charge on any atom is -0.294 e. The second-order valence-electron chi connectivity index (χ2n) is 4.10. The quantitative estimate of drug-likeness (QED) is 0.817. The van der Waals surface area contributed by atoms with Gasteiger partial charge < -0.3 is 0 Å². The summed E-state index contributed by atoms with van der Waals surface area (Å²) in [5.41, 5.74) is 1.72. The van der Waals surface area contributed by atoms with Crippen molar-refractivity contribution in [2.24, 2.45) is 7.05 Å².